The molecule has 0 bridgehead atoms. The summed E-state index contributed by atoms with van der Waals surface area (Å²) in [7, 11) is 5.85. The molecule has 0 saturated heterocycles. The van der Waals surface area contributed by atoms with Crippen molar-refractivity contribution in [2.75, 3.05) is 36.7 Å². The van der Waals surface area contributed by atoms with Gasteiger partial charge in [0.1, 0.15) is 0 Å². The van der Waals surface area contributed by atoms with Crippen LogP contribution in [0.3, 0.4) is 0 Å². The van der Waals surface area contributed by atoms with Gasteiger partial charge in [0, 0.05) is 38.1 Å². The topological polar surface area (TPSA) is 89.3 Å². The average Bonchev–Trinajstić information content (AvgIpc) is 3.13. The van der Waals surface area contributed by atoms with E-state index in [1.165, 1.54) is 11.8 Å². The minimum atomic E-state index is -0.384. The third kappa shape index (κ3) is 5.64. The van der Waals surface area contributed by atoms with Gasteiger partial charge in [0.25, 0.3) is 0 Å². The number of carbonyl (C=O) groups is 2. The number of esters is 1. The second kappa shape index (κ2) is 10.1. The van der Waals surface area contributed by atoms with Gasteiger partial charge in [0.05, 0.1) is 17.9 Å². The van der Waals surface area contributed by atoms with Crippen LogP contribution in [0.4, 0.5) is 11.4 Å². The van der Waals surface area contributed by atoms with E-state index in [-0.39, 0.29) is 17.6 Å². The van der Waals surface area contributed by atoms with Crippen LogP contribution in [0.5, 0.6) is 0 Å². The normalized spacial score (nSPS) is 10.6. The maximum atomic E-state index is 12.3. The van der Waals surface area contributed by atoms with Crippen LogP contribution in [0, 0.1) is 0 Å². The van der Waals surface area contributed by atoms with Crippen molar-refractivity contribution in [3.63, 3.8) is 0 Å². The first-order chi connectivity index (χ1) is 14.9. The molecule has 31 heavy (non-hydrogen) atoms. The monoisotopic (exact) mass is 439 g/mol. The Morgan fingerprint density at radius 1 is 1.13 bits per heavy atom. The highest BCUT2D eigenvalue weighted by Gasteiger charge is 2.14. The number of nitrogens with one attached hydrogen (secondary N) is 1. The first kappa shape index (κ1) is 22.4. The summed E-state index contributed by atoms with van der Waals surface area (Å²) in [5.74, 6) is 0.364. The Balaban J connectivity index is 1.60. The molecule has 3 aromatic rings. The van der Waals surface area contributed by atoms with E-state index in [1.54, 1.807) is 31.2 Å². The number of aromatic nitrogens is 3. The standard InChI is InChI=1S/C22H25N5O3S/c1-5-30-21(29)15-9-11-17(12-10-15)23-19(28)14-31-22-25-24-20(27(22)4)16-7-6-8-18(13-16)26(2)3/h6-13H,5,14H2,1-4H3,(H,23,28). The van der Waals surface area contributed by atoms with E-state index < -0.39 is 0 Å². The smallest absolute Gasteiger partial charge is 0.338 e. The molecule has 0 aliphatic heterocycles. The van der Waals surface area contributed by atoms with Crippen LogP contribution < -0.4 is 10.2 Å². The van der Waals surface area contributed by atoms with Crippen LogP contribution in [-0.2, 0) is 16.6 Å². The molecular formula is C22H25N5O3S. The van der Waals surface area contributed by atoms with E-state index in [1.807, 2.05) is 54.9 Å². The maximum absolute atomic E-state index is 12.3. The third-order valence-corrected chi connectivity index (χ3v) is 5.49. The van der Waals surface area contributed by atoms with Gasteiger partial charge in [0.15, 0.2) is 11.0 Å². The number of ether oxygens (including phenoxy) is 1. The predicted molar refractivity (Wildman–Crippen MR) is 123 cm³/mol. The fourth-order valence-corrected chi connectivity index (χ4v) is 3.56. The number of thioether (sulfide) groups is 1. The lowest BCUT2D eigenvalue weighted by Crippen LogP contribution is -2.14. The molecule has 0 fully saturated rings. The molecule has 0 saturated carbocycles. The molecule has 0 spiro atoms. The van der Waals surface area contributed by atoms with Gasteiger partial charge in [-0.1, -0.05) is 23.9 Å². The number of hydrogen-bond acceptors (Lipinski definition) is 7. The lowest BCUT2D eigenvalue weighted by molar-refractivity contribution is -0.113. The van der Waals surface area contributed by atoms with E-state index in [2.05, 4.69) is 15.5 Å². The number of benzene rings is 2. The zero-order valence-electron chi connectivity index (χ0n) is 18.0. The van der Waals surface area contributed by atoms with E-state index in [0.717, 1.165) is 17.1 Å². The van der Waals surface area contributed by atoms with Crippen molar-refractivity contribution in [3.05, 3.63) is 54.1 Å². The van der Waals surface area contributed by atoms with E-state index in [9.17, 15) is 9.59 Å². The van der Waals surface area contributed by atoms with Crippen LogP contribution in [0.1, 0.15) is 17.3 Å². The molecular weight excluding hydrogens is 414 g/mol. The zero-order valence-corrected chi connectivity index (χ0v) is 18.8. The molecule has 0 atom stereocenters. The van der Waals surface area contributed by atoms with Crippen LogP contribution in [-0.4, -0.2) is 53.1 Å². The summed E-state index contributed by atoms with van der Waals surface area (Å²) in [4.78, 5) is 26.1. The highest BCUT2D eigenvalue weighted by molar-refractivity contribution is 7.99. The summed E-state index contributed by atoms with van der Waals surface area (Å²) >= 11 is 1.31. The van der Waals surface area contributed by atoms with Gasteiger partial charge in [-0.25, -0.2) is 4.79 Å². The summed E-state index contributed by atoms with van der Waals surface area (Å²) in [6, 6.07) is 14.6. The summed E-state index contributed by atoms with van der Waals surface area (Å²) < 4.78 is 6.83. The molecule has 0 aliphatic rings. The second-order valence-corrected chi connectivity index (χ2v) is 7.89. The van der Waals surface area contributed by atoms with Crippen LogP contribution in [0.25, 0.3) is 11.4 Å². The highest BCUT2D eigenvalue weighted by Crippen LogP contribution is 2.25. The molecule has 1 amide bonds. The van der Waals surface area contributed by atoms with Crippen molar-refractivity contribution in [2.45, 2.75) is 12.1 Å². The van der Waals surface area contributed by atoms with Crippen LogP contribution in [0.2, 0.25) is 0 Å². The molecule has 0 aliphatic carbocycles. The van der Waals surface area contributed by atoms with Crippen molar-refractivity contribution in [2.24, 2.45) is 7.05 Å². The Hall–Kier alpha value is -3.33. The lowest BCUT2D eigenvalue weighted by Gasteiger charge is -2.13. The molecule has 0 unspecified atom stereocenters. The first-order valence-electron chi connectivity index (χ1n) is 9.76. The fraction of sp³-hybridized carbons (Fsp3) is 0.273. The predicted octanol–water partition coefficient (Wildman–Crippen LogP) is 3.46. The van der Waals surface area contributed by atoms with Gasteiger partial charge < -0.3 is 19.5 Å². The number of anilines is 2. The summed E-state index contributed by atoms with van der Waals surface area (Å²) in [5.41, 5.74) is 3.08. The number of rotatable bonds is 8. The lowest BCUT2D eigenvalue weighted by atomic mass is 10.2. The molecule has 0 radical (unpaired) electrons. The number of amides is 1. The van der Waals surface area contributed by atoms with Crippen molar-refractivity contribution in [3.8, 4) is 11.4 Å². The molecule has 2 aromatic carbocycles. The minimum Gasteiger partial charge on any atom is -0.462 e. The maximum Gasteiger partial charge on any atom is 0.338 e. The minimum absolute atomic E-state index is 0.173. The Morgan fingerprint density at radius 3 is 2.55 bits per heavy atom. The SMILES string of the molecule is CCOC(=O)c1ccc(NC(=O)CSc2nnc(-c3cccc(N(C)C)c3)n2C)cc1. The summed E-state index contributed by atoms with van der Waals surface area (Å²) in [5, 5.41) is 12.0. The first-order valence-corrected chi connectivity index (χ1v) is 10.7. The number of nitrogens with zero attached hydrogens (tertiary/aromatic N) is 4. The summed E-state index contributed by atoms with van der Waals surface area (Å²) in [6.07, 6.45) is 0. The number of carbonyl (C=O) groups excluding carboxylic acids is 2. The van der Waals surface area contributed by atoms with Gasteiger partial charge in [-0.15, -0.1) is 10.2 Å². The Morgan fingerprint density at radius 2 is 1.87 bits per heavy atom. The third-order valence-electron chi connectivity index (χ3n) is 4.47. The van der Waals surface area contributed by atoms with Gasteiger partial charge in [-0.05, 0) is 43.3 Å². The number of hydrogen-bond donors (Lipinski definition) is 1. The second-order valence-electron chi connectivity index (χ2n) is 6.94. The Kier molecular flexibility index (Phi) is 7.30. The Bertz CT molecular complexity index is 1060. The molecule has 162 valence electrons. The molecule has 9 heteroatoms. The molecule has 3 rings (SSSR count). The van der Waals surface area contributed by atoms with E-state index in [0.29, 0.717) is 23.0 Å². The highest BCUT2D eigenvalue weighted by atomic mass is 32.2. The Labute approximate surface area is 185 Å². The summed E-state index contributed by atoms with van der Waals surface area (Å²) in [6.45, 7) is 2.07. The molecule has 1 heterocycles. The molecule has 1 aromatic heterocycles. The molecule has 8 nitrogen and oxygen atoms in total. The van der Waals surface area contributed by atoms with Gasteiger partial charge in [-0.2, -0.15) is 0 Å². The van der Waals surface area contributed by atoms with Crippen LogP contribution >= 0.6 is 11.8 Å². The largest absolute Gasteiger partial charge is 0.462 e. The van der Waals surface area contributed by atoms with E-state index in [4.69, 9.17) is 4.74 Å². The average molecular weight is 440 g/mol. The van der Waals surface area contributed by atoms with Crippen molar-refractivity contribution in [1.29, 1.82) is 0 Å². The van der Waals surface area contributed by atoms with Crippen molar-refractivity contribution < 1.29 is 14.3 Å². The zero-order chi connectivity index (χ0) is 22.4. The van der Waals surface area contributed by atoms with Crippen molar-refractivity contribution >= 4 is 35.0 Å². The van der Waals surface area contributed by atoms with Crippen molar-refractivity contribution in [1.82, 2.24) is 14.8 Å². The van der Waals surface area contributed by atoms with Crippen LogP contribution in [0.15, 0.2) is 53.7 Å². The quantitative estimate of drug-likeness (QED) is 0.425. The fourth-order valence-electron chi connectivity index (χ4n) is 2.85. The van der Waals surface area contributed by atoms with Gasteiger partial charge >= 0.3 is 5.97 Å². The molecule has 1 N–H and O–H groups in total. The van der Waals surface area contributed by atoms with Gasteiger partial charge in [-0.3, -0.25) is 4.79 Å². The van der Waals surface area contributed by atoms with E-state index >= 15 is 0 Å². The van der Waals surface area contributed by atoms with Gasteiger partial charge in [0.2, 0.25) is 5.91 Å².